The van der Waals surface area contributed by atoms with Crippen LogP contribution in [-0.2, 0) is 19.8 Å². The molecule has 0 radical (unpaired) electrons. The predicted molar refractivity (Wildman–Crippen MR) is 111 cm³/mol. The van der Waals surface area contributed by atoms with Gasteiger partial charge in [0.1, 0.15) is 0 Å². The molecular formula is C21H20ClF3N4O2. The Morgan fingerprint density at radius 3 is 2.52 bits per heavy atom. The summed E-state index contributed by atoms with van der Waals surface area (Å²) in [5.41, 5.74) is -0.496. The lowest BCUT2D eigenvalue weighted by Gasteiger charge is -2.33. The zero-order valence-electron chi connectivity index (χ0n) is 16.7. The van der Waals surface area contributed by atoms with Crippen molar-refractivity contribution < 1.29 is 13.2 Å². The third-order valence-electron chi connectivity index (χ3n) is 5.69. The summed E-state index contributed by atoms with van der Waals surface area (Å²) in [6, 6.07) is 6.68. The molecule has 6 nitrogen and oxygen atoms in total. The molecule has 4 rings (SSSR count). The Kier molecular flexibility index (Phi) is 5.65. The van der Waals surface area contributed by atoms with E-state index in [4.69, 9.17) is 11.6 Å². The van der Waals surface area contributed by atoms with E-state index >= 15 is 0 Å². The van der Waals surface area contributed by atoms with Crippen molar-refractivity contribution in [1.29, 1.82) is 0 Å². The SMILES string of the molecule is Cn1c(=O)c(=O)n(C2CCN(Cc3cccc(C(F)(F)F)c3)CC2)c2ncc(Cl)cc21. The van der Waals surface area contributed by atoms with Gasteiger partial charge in [-0.25, -0.2) is 4.98 Å². The number of rotatable bonds is 3. The summed E-state index contributed by atoms with van der Waals surface area (Å²) in [7, 11) is 1.51. The summed E-state index contributed by atoms with van der Waals surface area (Å²) in [4.78, 5) is 31.5. The second kappa shape index (κ2) is 8.12. The van der Waals surface area contributed by atoms with Crippen LogP contribution < -0.4 is 11.1 Å². The van der Waals surface area contributed by atoms with Gasteiger partial charge >= 0.3 is 17.3 Å². The number of nitrogens with zero attached hydrogens (tertiary/aromatic N) is 4. The van der Waals surface area contributed by atoms with Crippen LogP contribution in [0.15, 0.2) is 46.1 Å². The highest BCUT2D eigenvalue weighted by atomic mass is 35.5. The molecule has 0 atom stereocenters. The normalized spacial score (nSPS) is 16.2. The van der Waals surface area contributed by atoms with E-state index in [1.54, 1.807) is 12.1 Å². The fourth-order valence-electron chi connectivity index (χ4n) is 4.08. The summed E-state index contributed by atoms with van der Waals surface area (Å²) in [5, 5.41) is 0.364. The Labute approximate surface area is 180 Å². The van der Waals surface area contributed by atoms with Crippen LogP contribution >= 0.6 is 11.6 Å². The van der Waals surface area contributed by atoms with Gasteiger partial charge in [0.2, 0.25) is 0 Å². The van der Waals surface area contributed by atoms with Crippen LogP contribution in [0.3, 0.4) is 0 Å². The summed E-state index contributed by atoms with van der Waals surface area (Å²) < 4.78 is 41.5. The quantitative estimate of drug-likeness (QED) is 0.570. The third-order valence-corrected chi connectivity index (χ3v) is 5.90. The minimum atomic E-state index is -4.37. The molecule has 2 aromatic heterocycles. The number of hydrogen-bond donors (Lipinski definition) is 0. The molecule has 3 heterocycles. The lowest BCUT2D eigenvalue weighted by molar-refractivity contribution is -0.137. The first kappa shape index (κ1) is 21.6. The average molecular weight is 453 g/mol. The highest BCUT2D eigenvalue weighted by Gasteiger charge is 2.31. The Balaban J connectivity index is 1.56. The fourth-order valence-corrected chi connectivity index (χ4v) is 4.24. The molecule has 3 aromatic rings. The van der Waals surface area contributed by atoms with E-state index in [0.29, 0.717) is 54.2 Å². The van der Waals surface area contributed by atoms with Crippen LogP contribution in [0.4, 0.5) is 13.2 Å². The van der Waals surface area contributed by atoms with Crippen LogP contribution in [0.1, 0.15) is 30.0 Å². The second-order valence-corrected chi connectivity index (χ2v) is 8.18. The summed E-state index contributed by atoms with van der Waals surface area (Å²) in [6.07, 6.45) is -1.79. The number of aryl methyl sites for hydroxylation is 1. The standard InChI is InChI=1S/C21H20ClF3N4O2/c1-27-17-10-15(22)11-26-18(17)29(20(31)19(27)30)16-5-7-28(8-6-16)12-13-3-2-4-14(9-13)21(23,24)25/h2-4,9-11,16H,5-8,12H2,1H3. The number of alkyl halides is 3. The van der Waals surface area contributed by atoms with Gasteiger partial charge < -0.3 is 4.57 Å². The molecule has 0 aliphatic carbocycles. The molecule has 1 saturated heterocycles. The lowest BCUT2D eigenvalue weighted by atomic mass is 10.0. The predicted octanol–water partition coefficient (Wildman–Crippen LogP) is 3.60. The Morgan fingerprint density at radius 2 is 1.84 bits per heavy atom. The molecule has 0 spiro atoms. The van der Waals surface area contributed by atoms with Gasteiger partial charge in [0.25, 0.3) is 0 Å². The van der Waals surface area contributed by atoms with Crippen LogP contribution in [0, 0.1) is 0 Å². The first-order chi connectivity index (χ1) is 14.6. The van der Waals surface area contributed by atoms with Gasteiger partial charge in [-0.1, -0.05) is 29.8 Å². The minimum absolute atomic E-state index is 0.227. The zero-order valence-corrected chi connectivity index (χ0v) is 17.5. The van der Waals surface area contributed by atoms with E-state index < -0.39 is 22.9 Å². The zero-order chi connectivity index (χ0) is 22.3. The summed E-state index contributed by atoms with van der Waals surface area (Å²) in [6.45, 7) is 1.55. The van der Waals surface area contributed by atoms with Crippen LogP contribution in [0.5, 0.6) is 0 Å². The average Bonchev–Trinajstić information content (AvgIpc) is 2.73. The molecule has 1 fully saturated rings. The van der Waals surface area contributed by atoms with Crippen molar-refractivity contribution in [2.75, 3.05) is 13.1 Å². The number of piperidine rings is 1. The summed E-state index contributed by atoms with van der Waals surface area (Å²) in [5.74, 6) is 0. The van der Waals surface area contributed by atoms with Crippen molar-refractivity contribution in [3.8, 4) is 0 Å². The van der Waals surface area contributed by atoms with Crippen molar-refractivity contribution in [2.45, 2.75) is 31.6 Å². The first-order valence-electron chi connectivity index (χ1n) is 9.80. The maximum absolute atomic E-state index is 12.9. The maximum atomic E-state index is 12.9. The molecule has 0 unspecified atom stereocenters. The van der Waals surface area contributed by atoms with Crippen molar-refractivity contribution in [3.63, 3.8) is 0 Å². The molecule has 0 amide bonds. The van der Waals surface area contributed by atoms with Crippen LogP contribution in [0.25, 0.3) is 11.2 Å². The van der Waals surface area contributed by atoms with Gasteiger partial charge in [0.15, 0.2) is 5.65 Å². The Hall–Kier alpha value is -2.65. The molecule has 164 valence electrons. The molecule has 0 N–H and O–H groups in total. The van der Waals surface area contributed by atoms with Crippen molar-refractivity contribution in [2.24, 2.45) is 7.05 Å². The van der Waals surface area contributed by atoms with Gasteiger partial charge in [0, 0.05) is 38.9 Å². The molecule has 1 aromatic carbocycles. The molecule has 1 aliphatic heterocycles. The lowest BCUT2D eigenvalue weighted by Crippen LogP contribution is -2.45. The Morgan fingerprint density at radius 1 is 1.13 bits per heavy atom. The van der Waals surface area contributed by atoms with E-state index in [-0.39, 0.29) is 6.04 Å². The molecule has 0 saturated carbocycles. The maximum Gasteiger partial charge on any atom is 0.416 e. The van der Waals surface area contributed by atoms with Gasteiger partial charge in [-0.15, -0.1) is 0 Å². The number of hydrogen-bond acceptors (Lipinski definition) is 4. The smallest absolute Gasteiger partial charge is 0.304 e. The van der Waals surface area contributed by atoms with E-state index in [0.717, 1.165) is 6.07 Å². The van der Waals surface area contributed by atoms with Gasteiger partial charge in [0.05, 0.1) is 16.1 Å². The number of benzene rings is 1. The Bertz CT molecular complexity index is 1240. The molecular weight excluding hydrogens is 433 g/mol. The van der Waals surface area contributed by atoms with Gasteiger partial charge in [-0.3, -0.25) is 19.1 Å². The van der Waals surface area contributed by atoms with Crippen molar-refractivity contribution >= 4 is 22.8 Å². The largest absolute Gasteiger partial charge is 0.416 e. The van der Waals surface area contributed by atoms with Gasteiger partial charge in [-0.2, -0.15) is 13.2 Å². The number of fused-ring (bicyclic) bond motifs is 1. The second-order valence-electron chi connectivity index (χ2n) is 7.74. The van der Waals surface area contributed by atoms with Gasteiger partial charge in [-0.05, 0) is 30.5 Å². The molecule has 10 heteroatoms. The molecule has 31 heavy (non-hydrogen) atoms. The monoisotopic (exact) mass is 452 g/mol. The topological polar surface area (TPSA) is 60.1 Å². The van der Waals surface area contributed by atoms with E-state index in [1.165, 1.54) is 34.5 Å². The van der Waals surface area contributed by atoms with Crippen LogP contribution in [-0.4, -0.2) is 32.1 Å². The molecule has 1 aliphatic rings. The number of halogens is 4. The number of aromatic nitrogens is 3. The summed E-state index contributed by atoms with van der Waals surface area (Å²) >= 11 is 6.01. The fraction of sp³-hybridized carbons (Fsp3) is 0.381. The minimum Gasteiger partial charge on any atom is -0.304 e. The van der Waals surface area contributed by atoms with Crippen molar-refractivity contribution in [3.05, 3.63) is 73.4 Å². The number of likely N-dealkylation sites (tertiary alicyclic amines) is 1. The third kappa shape index (κ3) is 4.24. The first-order valence-corrected chi connectivity index (χ1v) is 10.2. The molecule has 0 bridgehead atoms. The van der Waals surface area contributed by atoms with Crippen molar-refractivity contribution in [1.82, 2.24) is 19.0 Å². The van der Waals surface area contributed by atoms with E-state index in [1.807, 2.05) is 4.90 Å². The van der Waals surface area contributed by atoms with E-state index in [2.05, 4.69) is 4.98 Å². The number of pyridine rings is 1. The highest BCUT2D eigenvalue weighted by Crippen LogP contribution is 2.30. The van der Waals surface area contributed by atoms with Crippen LogP contribution in [0.2, 0.25) is 5.02 Å². The van der Waals surface area contributed by atoms with E-state index in [9.17, 15) is 22.8 Å². The highest BCUT2D eigenvalue weighted by molar-refractivity contribution is 6.31.